The Morgan fingerprint density at radius 3 is 2.04 bits per heavy atom. The van der Waals surface area contributed by atoms with E-state index in [1.54, 1.807) is 0 Å². The smallest absolute Gasteiger partial charge is 0.0996 e. The van der Waals surface area contributed by atoms with Gasteiger partial charge in [0, 0.05) is 16.3 Å². The number of nitrogens with two attached hydrogens (primary N) is 1. The van der Waals surface area contributed by atoms with Crippen molar-refractivity contribution in [1.29, 1.82) is 0 Å². The third kappa shape index (κ3) is 7.11. The van der Waals surface area contributed by atoms with Gasteiger partial charge in [0.25, 0.3) is 0 Å². The lowest BCUT2D eigenvalue weighted by Crippen LogP contribution is -2.10. The molecule has 3 heteroatoms. The highest BCUT2D eigenvalue weighted by Crippen LogP contribution is 2.31. The number of amidine groups is 1. The van der Waals surface area contributed by atoms with E-state index in [2.05, 4.69) is 46.0 Å². The SMILES string of the molecule is CCCCCCCCCCCCC(N)=Nc1ccc(Br)c2ccccc12. The fraction of sp³-hybridized carbons (Fsp3) is 0.522. The molecule has 0 aliphatic carbocycles. The Bertz CT molecular complexity index is 694. The number of fused-ring (bicyclic) bond motifs is 1. The quantitative estimate of drug-likeness (QED) is 0.213. The molecule has 0 radical (unpaired) electrons. The molecule has 2 aromatic carbocycles. The summed E-state index contributed by atoms with van der Waals surface area (Å²) < 4.78 is 1.10. The number of hydrogen-bond acceptors (Lipinski definition) is 1. The molecule has 0 atom stereocenters. The first kappa shape index (κ1) is 21.0. The first-order valence-corrected chi connectivity index (χ1v) is 11.0. The minimum atomic E-state index is 0.747. The largest absolute Gasteiger partial charge is 0.387 e. The molecule has 0 unspecified atom stereocenters. The first-order valence-electron chi connectivity index (χ1n) is 10.2. The number of unbranched alkanes of at least 4 members (excludes halogenated alkanes) is 9. The molecule has 0 spiro atoms. The average molecular weight is 417 g/mol. The number of hydrogen-bond donors (Lipinski definition) is 1. The maximum Gasteiger partial charge on any atom is 0.0996 e. The van der Waals surface area contributed by atoms with Crippen molar-refractivity contribution in [3.63, 3.8) is 0 Å². The third-order valence-electron chi connectivity index (χ3n) is 4.90. The predicted octanol–water partition coefficient (Wildman–Crippen LogP) is 7.90. The van der Waals surface area contributed by atoms with Crippen LogP contribution in [0.25, 0.3) is 10.8 Å². The fourth-order valence-electron chi connectivity index (χ4n) is 3.35. The van der Waals surface area contributed by atoms with Gasteiger partial charge < -0.3 is 5.73 Å². The average Bonchev–Trinajstić information content (AvgIpc) is 2.66. The molecule has 0 fully saturated rings. The molecule has 0 aliphatic heterocycles. The molecule has 0 aliphatic rings. The van der Waals surface area contributed by atoms with Crippen LogP contribution in [0.3, 0.4) is 0 Å². The van der Waals surface area contributed by atoms with Crippen molar-refractivity contribution in [3.8, 4) is 0 Å². The molecule has 0 amide bonds. The van der Waals surface area contributed by atoms with Crippen molar-refractivity contribution in [2.75, 3.05) is 0 Å². The van der Waals surface area contributed by atoms with Crippen molar-refractivity contribution in [2.45, 2.75) is 77.6 Å². The van der Waals surface area contributed by atoms with Gasteiger partial charge in [0.15, 0.2) is 0 Å². The van der Waals surface area contributed by atoms with Gasteiger partial charge >= 0.3 is 0 Å². The molecule has 2 rings (SSSR count). The summed E-state index contributed by atoms with van der Waals surface area (Å²) in [6, 6.07) is 12.4. The van der Waals surface area contributed by atoms with Crippen molar-refractivity contribution in [3.05, 3.63) is 40.9 Å². The molecule has 0 bridgehead atoms. The Morgan fingerprint density at radius 2 is 1.38 bits per heavy atom. The molecular formula is C23H33BrN2. The summed E-state index contributed by atoms with van der Waals surface area (Å²) in [4.78, 5) is 4.68. The van der Waals surface area contributed by atoms with Crippen LogP contribution in [-0.2, 0) is 0 Å². The van der Waals surface area contributed by atoms with Gasteiger partial charge in [-0.25, -0.2) is 4.99 Å². The Hall–Kier alpha value is -1.35. The standard InChI is InChI=1S/C23H33BrN2/c1-2-3-4-5-6-7-8-9-10-11-16-23(25)26-22-18-17-21(24)19-14-12-13-15-20(19)22/h12-15,17-18H,2-11,16H2,1H3,(H2,25,26). The second kappa shape index (κ2) is 12.1. The van der Waals surface area contributed by atoms with E-state index in [4.69, 9.17) is 5.73 Å². The monoisotopic (exact) mass is 416 g/mol. The van der Waals surface area contributed by atoms with Crippen LogP contribution in [0.15, 0.2) is 45.9 Å². The molecule has 0 saturated carbocycles. The summed E-state index contributed by atoms with van der Waals surface area (Å²) in [7, 11) is 0. The molecule has 2 aromatic rings. The second-order valence-electron chi connectivity index (χ2n) is 7.15. The Morgan fingerprint density at radius 1 is 0.808 bits per heavy atom. The van der Waals surface area contributed by atoms with Crippen molar-refractivity contribution >= 4 is 38.2 Å². The van der Waals surface area contributed by atoms with Gasteiger partial charge in [0.2, 0.25) is 0 Å². The van der Waals surface area contributed by atoms with Crippen LogP contribution in [0, 0.1) is 0 Å². The van der Waals surface area contributed by atoms with E-state index >= 15 is 0 Å². The van der Waals surface area contributed by atoms with Crippen LogP contribution >= 0.6 is 15.9 Å². The first-order chi connectivity index (χ1) is 12.7. The Balaban J connectivity index is 1.70. The molecular weight excluding hydrogens is 384 g/mol. The Labute approximate surface area is 167 Å². The van der Waals surface area contributed by atoms with Gasteiger partial charge in [-0.2, -0.15) is 0 Å². The van der Waals surface area contributed by atoms with Gasteiger partial charge in [-0.3, -0.25) is 0 Å². The topological polar surface area (TPSA) is 38.4 Å². The highest BCUT2D eigenvalue weighted by atomic mass is 79.9. The highest BCUT2D eigenvalue weighted by Gasteiger charge is 2.04. The molecule has 142 valence electrons. The summed E-state index contributed by atoms with van der Waals surface area (Å²) in [6.07, 6.45) is 14.3. The van der Waals surface area contributed by atoms with Gasteiger partial charge in [-0.05, 0) is 23.9 Å². The highest BCUT2D eigenvalue weighted by molar-refractivity contribution is 9.10. The summed E-state index contributed by atoms with van der Waals surface area (Å²) in [5, 5.41) is 2.33. The van der Waals surface area contributed by atoms with Crippen LogP contribution in [0.1, 0.15) is 77.6 Å². The zero-order chi connectivity index (χ0) is 18.6. The molecule has 2 nitrogen and oxygen atoms in total. The summed E-state index contributed by atoms with van der Waals surface area (Å²) >= 11 is 3.61. The van der Waals surface area contributed by atoms with Crippen LogP contribution in [0.2, 0.25) is 0 Å². The van der Waals surface area contributed by atoms with E-state index in [0.29, 0.717) is 0 Å². The van der Waals surface area contributed by atoms with E-state index < -0.39 is 0 Å². The van der Waals surface area contributed by atoms with E-state index in [-0.39, 0.29) is 0 Å². The third-order valence-corrected chi connectivity index (χ3v) is 5.59. The van der Waals surface area contributed by atoms with E-state index in [1.165, 1.54) is 63.2 Å². The normalized spacial score (nSPS) is 12.0. The number of rotatable bonds is 12. The number of nitrogens with zero attached hydrogens (tertiary/aromatic N) is 1. The van der Waals surface area contributed by atoms with Crippen molar-refractivity contribution in [2.24, 2.45) is 10.7 Å². The number of benzene rings is 2. The van der Waals surface area contributed by atoms with Crippen LogP contribution in [0.4, 0.5) is 5.69 Å². The lowest BCUT2D eigenvalue weighted by molar-refractivity contribution is 0.559. The van der Waals surface area contributed by atoms with Gasteiger partial charge in [0.1, 0.15) is 0 Å². The zero-order valence-electron chi connectivity index (χ0n) is 16.1. The molecule has 2 N–H and O–H groups in total. The van der Waals surface area contributed by atoms with Crippen molar-refractivity contribution in [1.82, 2.24) is 0 Å². The fourth-order valence-corrected chi connectivity index (χ4v) is 3.83. The van der Waals surface area contributed by atoms with E-state index in [1.807, 2.05) is 18.2 Å². The van der Waals surface area contributed by atoms with E-state index in [0.717, 1.165) is 34.2 Å². The van der Waals surface area contributed by atoms with Gasteiger partial charge in [0.05, 0.1) is 11.5 Å². The van der Waals surface area contributed by atoms with Crippen LogP contribution < -0.4 is 5.73 Å². The minimum absolute atomic E-state index is 0.747. The molecule has 26 heavy (non-hydrogen) atoms. The zero-order valence-corrected chi connectivity index (χ0v) is 17.7. The Kier molecular flexibility index (Phi) is 9.76. The van der Waals surface area contributed by atoms with Crippen LogP contribution in [0.5, 0.6) is 0 Å². The maximum atomic E-state index is 6.18. The summed E-state index contributed by atoms with van der Waals surface area (Å²) in [6.45, 7) is 2.27. The molecule has 0 aromatic heterocycles. The predicted molar refractivity (Wildman–Crippen MR) is 119 cm³/mol. The second-order valence-corrected chi connectivity index (χ2v) is 8.00. The number of aliphatic imine (C=N–C) groups is 1. The minimum Gasteiger partial charge on any atom is -0.387 e. The van der Waals surface area contributed by atoms with Gasteiger partial charge in [-0.15, -0.1) is 0 Å². The van der Waals surface area contributed by atoms with E-state index in [9.17, 15) is 0 Å². The number of halogens is 1. The lowest BCUT2D eigenvalue weighted by atomic mass is 10.1. The van der Waals surface area contributed by atoms with Crippen LogP contribution in [-0.4, -0.2) is 5.84 Å². The maximum absolute atomic E-state index is 6.18. The lowest BCUT2D eigenvalue weighted by Gasteiger charge is -2.06. The molecule has 0 heterocycles. The molecule has 0 saturated heterocycles. The summed E-state index contributed by atoms with van der Waals surface area (Å²) in [5.41, 5.74) is 7.15. The summed E-state index contributed by atoms with van der Waals surface area (Å²) in [5.74, 6) is 0.747. The van der Waals surface area contributed by atoms with Gasteiger partial charge in [-0.1, -0.05) is 105 Å². The van der Waals surface area contributed by atoms with Crippen molar-refractivity contribution < 1.29 is 0 Å².